The fourth-order valence-electron chi connectivity index (χ4n) is 2.88. The molecule has 1 saturated heterocycles. The third-order valence-electron chi connectivity index (χ3n) is 3.87. The maximum absolute atomic E-state index is 13.6. The number of halogens is 3. The van der Waals surface area contributed by atoms with Gasteiger partial charge in [-0.15, -0.1) is 24.8 Å². The van der Waals surface area contributed by atoms with Gasteiger partial charge in [0.2, 0.25) is 0 Å². The second-order valence-electron chi connectivity index (χ2n) is 5.22. The molecule has 0 aliphatic carbocycles. The van der Waals surface area contributed by atoms with Crippen LogP contribution in [0.15, 0.2) is 12.1 Å². The molecule has 6 heteroatoms. The molecule has 0 bridgehead atoms. The lowest BCUT2D eigenvalue weighted by Gasteiger charge is -2.36. The van der Waals surface area contributed by atoms with E-state index in [4.69, 9.17) is 0 Å². The number of phenols is 1. The Labute approximate surface area is 138 Å². The number of aromatic hydroxyl groups is 1. The smallest absolute Gasteiger partial charge is 0.165 e. The van der Waals surface area contributed by atoms with Crippen LogP contribution >= 0.6 is 24.8 Å². The first-order valence-electron chi connectivity index (χ1n) is 7.08. The molecule has 0 aromatic heterocycles. The van der Waals surface area contributed by atoms with Gasteiger partial charge in [-0.1, -0.05) is 19.4 Å². The highest BCUT2D eigenvalue weighted by molar-refractivity contribution is 5.85. The van der Waals surface area contributed by atoms with E-state index in [0.717, 1.165) is 50.1 Å². The molecule has 0 radical (unpaired) electrons. The van der Waals surface area contributed by atoms with E-state index in [-0.39, 0.29) is 36.6 Å². The van der Waals surface area contributed by atoms with Crippen LogP contribution in [-0.2, 0) is 0 Å². The van der Waals surface area contributed by atoms with E-state index in [9.17, 15) is 9.50 Å². The van der Waals surface area contributed by atoms with E-state index < -0.39 is 5.82 Å². The minimum Gasteiger partial charge on any atom is -0.505 e. The predicted molar refractivity (Wildman–Crippen MR) is 89.4 cm³/mol. The summed E-state index contributed by atoms with van der Waals surface area (Å²) in [5.41, 5.74) is 1.74. The highest BCUT2D eigenvalue weighted by atomic mass is 35.5. The Morgan fingerprint density at radius 3 is 2.48 bits per heavy atom. The molecule has 1 fully saturated rings. The molecule has 1 aromatic carbocycles. The highest BCUT2D eigenvalue weighted by Crippen LogP contribution is 2.36. The average Bonchev–Trinajstić information content (AvgIpc) is 2.43. The van der Waals surface area contributed by atoms with E-state index >= 15 is 0 Å². The van der Waals surface area contributed by atoms with Crippen LogP contribution in [0.4, 0.5) is 4.39 Å². The van der Waals surface area contributed by atoms with Crippen molar-refractivity contribution < 1.29 is 9.50 Å². The Morgan fingerprint density at radius 1 is 1.29 bits per heavy atom. The minimum atomic E-state index is -0.517. The third kappa shape index (κ3) is 4.71. The van der Waals surface area contributed by atoms with Crippen molar-refractivity contribution in [1.82, 2.24) is 10.2 Å². The van der Waals surface area contributed by atoms with Crippen molar-refractivity contribution in [3.05, 3.63) is 29.1 Å². The quantitative estimate of drug-likeness (QED) is 0.882. The lowest BCUT2D eigenvalue weighted by molar-refractivity contribution is 0.161. The summed E-state index contributed by atoms with van der Waals surface area (Å²) >= 11 is 0. The summed E-state index contributed by atoms with van der Waals surface area (Å²) in [5.74, 6) is -0.686. The monoisotopic (exact) mass is 338 g/mol. The molecule has 1 aromatic rings. The summed E-state index contributed by atoms with van der Waals surface area (Å²) < 4.78 is 13.6. The summed E-state index contributed by atoms with van der Waals surface area (Å²) in [6, 6.07) is 3.22. The van der Waals surface area contributed by atoms with Gasteiger partial charge in [0.05, 0.1) is 0 Å². The van der Waals surface area contributed by atoms with Gasteiger partial charge < -0.3 is 10.4 Å². The van der Waals surface area contributed by atoms with Gasteiger partial charge in [0.1, 0.15) is 0 Å². The van der Waals surface area contributed by atoms with E-state index in [0.29, 0.717) is 0 Å². The molecule has 3 nitrogen and oxygen atoms in total. The summed E-state index contributed by atoms with van der Waals surface area (Å²) in [5, 5.41) is 13.4. The topological polar surface area (TPSA) is 35.5 Å². The molecule has 21 heavy (non-hydrogen) atoms. The second-order valence-corrected chi connectivity index (χ2v) is 5.22. The van der Waals surface area contributed by atoms with E-state index in [1.165, 1.54) is 6.07 Å². The third-order valence-corrected chi connectivity index (χ3v) is 3.87. The molecule has 2 rings (SSSR count). The molecule has 1 atom stereocenters. The zero-order valence-corrected chi connectivity index (χ0v) is 14.2. The van der Waals surface area contributed by atoms with Crippen LogP contribution in [0, 0.1) is 12.7 Å². The number of hydrogen-bond acceptors (Lipinski definition) is 3. The molecule has 0 spiro atoms. The van der Waals surface area contributed by atoms with Gasteiger partial charge in [-0.2, -0.15) is 0 Å². The lowest BCUT2D eigenvalue weighted by atomic mass is 9.94. The summed E-state index contributed by atoms with van der Waals surface area (Å²) in [6.45, 7) is 7.87. The summed E-state index contributed by atoms with van der Waals surface area (Å²) in [4.78, 5) is 2.35. The zero-order chi connectivity index (χ0) is 13.8. The van der Waals surface area contributed by atoms with Crippen LogP contribution in [0.25, 0.3) is 0 Å². The van der Waals surface area contributed by atoms with Gasteiger partial charge >= 0.3 is 0 Å². The fraction of sp³-hybridized carbons (Fsp3) is 0.600. The largest absolute Gasteiger partial charge is 0.505 e. The van der Waals surface area contributed by atoms with Gasteiger partial charge in [-0.05, 0) is 25.0 Å². The van der Waals surface area contributed by atoms with Gasteiger partial charge in [0.15, 0.2) is 11.6 Å². The average molecular weight is 339 g/mol. The first kappa shape index (κ1) is 20.5. The van der Waals surface area contributed by atoms with Crippen LogP contribution in [0.2, 0.25) is 0 Å². The normalized spacial score (nSPS) is 16.7. The van der Waals surface area contributed by atoms with Crippen molar-refractivity contribution in [3.8, 4) is 5.75 Å². The summed E-state index contributed by atoms with van der Waals surface area (Å²) in [7, 11) is 0. The molecule has 122 valence electrons. The standard InChI is InChI=1S/C15H23FN2O.2ClH/c1-3-4-13(18-9-7-17-8-10-18)14-11(2)5-6-12(16)15(14)19;;/h5-6,13,17,19H,3-4,7-10H2,1-2H3;2*1H/t13-;;/m1../s1. The number of benzene rings is 1. The highest BCUT2D eigenvalue weighted by Gasteiger charge is 2.26. The van der Waals surface area contributed by atoms with Crippen molar-refractivity contribution >= 4 is 24.8 Å². The van der Waals surface area contributed by atoms with Crippen molar-refractivity contribution in [2.75, 3.05) is 26.2 Å². The van der Waals surface area contributed by atoms with Crippen LogP contribution in [-0.4, -0.2) is 36.2 Å². The van der Waals surface area contributed by atoms with Gasteiger partial charge in [-0.3, -0.25) is 4.90 Å². The van der Waals surface area contributed by atoms with E-state index in [2.05, 4.69) is 17.1 Å². The number of piperazine rings is 1. The van der Waals surface area contributed by atoms with Gasteiger partial charge in [-0.25, -0.2) is 4.39 Å². The van der Waals surface area contributed by atoms with Crippen LogP contribution in [0.5, 0.6) is 5.75 Å². The molecule has 0 saturated carbocycles. The maximum Gasteiger partial charge on any atom is 0.165 e. The van der Waals surface area contributed by atoms with E-state index in [1.54, 1.807) is 6.07 Å². The molecule has 1 aliphatic heterocycles. The SMILES string of the molecule is CCC[C@H](c1c(C)ccc(F)c1O)N1CCNCC1.Cl.Cl. The van der Waals surface area contributed by atoms with Crippen molar-refractivity contribution in [2.24, 2.45) is 0 Å². The summed E-state index contributed by atoms with van der Waals surface area (Å²) in [6.07, 6.45) is 1.96. The maximum atomic E-state index is 13.6. The molecule has 1 aliphatic rings. The molecule has 1 heterocycles. The molecule has 0 unspecified atom stereocenters. The molecular weight excluding hydrogens is 314 g/mol. The van der Waals surface area contributed by atoms with Crippen LogP contribution in [0.1, 0.15) is 36.9 Å². The Bertz CT molecular complexity index is 440. The fourth-order valence-corrected chi connectivity index (χ4v) is 2.88. The molecule has 0 amide bonds. The zero-order valence-electron chi connectivity index (χ0n) is 12.6. The van der Waals surface area contributed by atoms with Crippen molar-refractivity contribution in [3.63, 3.8) is 0 Å². The van der Waals surface area contributed by atoms with Crippen LogP contribution < -0.4 is 5.32 Å². The lowest BCUT2D eigenvalue weighted by Crippen LogP contribution is -2.45. The van der Waals surface area contributed by atoms with E-state index in [1.807, 2.05) is 6.92 Å². The Balaban J connectivity index is 0.00000200. The number of phenolic OH excluding ortho intramolecular Hbond substituents is 1. The Morgan fingerprint density at radius 2 is 1.90 bits per heavy atom. The number of aryl methyl sites for hydroxylation is 1. The Hall–Kier alpha value is -0.550. The Kier molecular flexibility index (Phi) is 9.22. The predicted octanol–water partition coefficient (Wildman–Crippen LogP) is 3.43. The van der Waals surface area contributed by atoms with Crippen molar-refractivity contribution in [2.45, 2.75) is 32.7 Å². The van der Waals surface area contributed by atoms with Crippen molar-refractivity contribution in [1.29, 1.82) is 0 Å². The first-order chi connectivity index (χ1) is 9.15. The number of nitrogens with zero attached hydrogens (tertiary/aromatic N) is 1. The number of rotatable bonds is 4. The second kappa shape index (κ2) is 9.46. The van der Waals surface area contributed by atoms with Gasteiger partial charge in [0, 0.05) is 37.8 Å². The molecular formula is C15H25Cl2FN2O. The number of nitrogens with one attached hydrogen (secondary N) is 1. The minimum absolute atomic E-state index is 0. The molecule has 2 N–H and O–H groups in total. The number of hydrogen-bond donors (Lipinski definition) is 2. The van der Waals surface area contributed by atoms with Gasteiger partial charge in [0.25, 0.3) is 0 Å². The van der Waals surface area contributed by atoms with Crippen LogP contribution in [0.3, 0.4) is 0 Å². The first-order valence-corrected chi connectivity index (χ1v) is 7.08.